The molecule has 0 spiro atoms. The van der Waals surface area contributed by atoms with E-state index in [0.29, 0.717) is 6.04 Å². The van der Waals surface area contributed by atoms with Gasteiger partial charge in [0.1, 0.15) is 5.82 Å². The molecular formula is C10H11ClFN. The Morgan fingerprint density at radius 2 is 2.23 bits per heavy atom. The first kappa shape index (κ1) is 8.97. The number of nitrogens with one attached hydrogen (secondary N) is 1. The van der Waals surface area contributed by atoms with Crippen molar-refractivity contribution < 1.29 is 4.39 Å². The lowest BCUT2D eigenvalue weighted by atomic mass is 10.2. The second-order valence-corrected chi connectivity index (χ2v) is 3.81. The van der Waals surface area contributed by atoms with Gasteiger partial charge in [-0.3, -0.25) is 0 Å². The normalized spacial score (nSPS) is 16.2. The molecule has 0 bridgehead atoms. The molecule has 1 aliphatic carbocycles. The van der Waals surface area contributed by atoms with Gasteiger partial charge in [-0.15, -0.1) is 0 Å². The molecule has 0 saturated heterocycles. The van der Waals surface area contributed by atoms with E-state index in [-0.39, 0.29) is 10.8 Å². The molecule has 1 aromatic carbocycles. The summed E-state index contributed by atoms with van der Waals surface area (Å²) < 4.78 is 13.0. The third-order valence-corrected chi connectivity index (χ3v) is 2.46. The van der Waals surface area contributed by atoms with Gasteiger partial charge in [-0.1, -0.05) is 17.7 Å². The lowest BCUT2D eigenvalue weighted by Crippen LogP contribution is -2.15. The first-order chi connectivity index (χ1) is 6.25. The van der Waals surface area contributed by atoms with Crippen LogP contribution in [0.2, 0.25) is 5.02 Å². The topological polar surface area (TPSA) is 12.0 Å². The Morgan fingerprint density at radius 3 is 2.85 bits per heavy atom. The van der Waals surface area contributed by atoms with Crippen molar-refractivity contribution in [2.24, 2.45) is 0 Å². The number of benzene rings is 1. The molecule has 1 aliphatic rings. The van der Waals surface area contributed by atoms with Crippen molar-refractivity contribution >= 4 is 11.6 Å². The minimum atomic E-state index is -0.336. The maximum atomic E-state index is 13.0. The van der Waals surface area contributed by atoms with E-state index in [1.54, 1.807) is 6.07 Å². The summed E-state index contributed by atoms with van der Waals surface area (Å²) in [4.78, 5) is 0. The Labute approximate surface area is 81.9 Å². The fourth-order valence-electron chi connectivity index (χ4n) is 1.20. The molecule has 0 heterocycles. The van der Waals surface area contributed by atoms with Crippen LogP contribution >= 0.6 is 11.6 Å². The Balaban J connectivity index is 1.98. The summed E-state index contributed by atoms with van der Waals surface area (Å²) in [5.74, 6) is -0.336. The summed E-state index contributed by atoms with van der Waals surface area (Å²) in [5, 5.41) is 3.50. The molecule has 1 nitrogen and oxygen atoms in total. The molecule has 0 aromatic heterocycles. The maximum Gasteiger partial charge on any atom is 0.142 e. The summed E-state index contributed by atoms with van der Waals surface area (Å²) in [5.41, 5.74) is 0.953. The van der Waals surface area contributed by atoms with E-state index < -0.39 is 0 Å². The number of hydrogen-bond acceptors (Lipinski definition) is 1. The molecule has 0 radical (unpaired) electrons. The summed E-state index contributed by atoms with van der Waals surface area (Å²) in [6.45, 7) is 0.735. The maximum absolute atomic E-state index is 13.0. The Kier molecular flexibility index (Phi) is 2.51. The molecular weight excluding hydrogens is 189 g/mol. The molecule has 70 valence electrons. The highest BCUT2D eigenvalue weighted by Gasteiger charge is 2.19. The third kappa shape index (κ3) is 2.42. The Morgan fingerprint density at radius 1 is 1.46 bits per heavy atom. The highest BCUT2D eigenvalue weighted by molar-refractivity contribution is 6.30. The lowest BCUT2D eigenvalue weighted by molar-refractivity contribution is 0.620. The van der Waals surface area contributed by atoms with Gasteiger partial charge in [-0.05, 0) is 30.5 Å². The second kappa shape index (κ2) is 3.64. The van der Waals surface area contributed by atoms with E-state index >= 15 is 0 Å². The van der Waals surface area contributed by atoms with Crippen LogP contribution in [0.25, 0.3) is 0 Å². The van der Waals surface area contributed by atoms with Crippen molar-refractivity contribution in [2.75, 3.05) is 0 Å². The zero-order valence-corrected chi connectivity index (χ0v) is 7.94. The molecule has 3 heteroatoms. The first-order valence-corrected chi connectivity index (χ1v) is 4.81. The SMILES string of the molecule is Fc1cc(CNC2CC2)ccc1Cl. The van der Waals surface area contributed by atoms with Crippen LogP contribution in [-0.4, -0.2) is 6.04 Å². The van der Waals surface area contributed by atoms with Crippen LogP contribution in [0.1, 0.15) is 18.4 Å². The van der Waals surface area contributed by atoms with Crippen molar-refractivity contribution in [3.8, 4) is 0 Å². The Bertz CT molecular complexity index is 310. The minimum Gasteiger partial charge on any atom is -0.310 e. The van der Waals surface area contributed by atoms with Gasteiger partial charge in [0, 0.05) is 12.6 Å². The van der Waals surface area contributed by atoms with Crippen LogP contribution in [0, 0.1) is 5.82 Å². The highest BCUT2D eigenvalue weighted by Crippen LogP contribution is 2.20. The monoisotopic (exact) mass is 199 g/mol. The Hall–Kier alpha value is -0.600. The van der Waals surface area contributed by atoms with Gasteiger partial charge in [0.25, 0.3) is 0 Å². The summed E-state index contributed by atoms with van der Waals surface area (Å²) in [7, 11) is 0. The first-order valence-electron chi connectivity index (χ1n) is 4.43. The highest BCUT2D eigenvalue weighted by atomic mass is 35.5. The summed E-state index contributed by atoms with van der Waals surface area (Å²) in [6, 6.07) is 5.58. The van der Waals surface area contributed by atoms with Crippen LogP contribution in [0.4, 0.5) is 4.39 Å². The van der Waals surface area contributed by atoms with Gasteiger partial charge in [0.15, 0.2) is 0 Å². The smallest absolute Gasteiger partial charge is 0.142 e. The fourth-order valence-corrected chi connectivity index (χ4v) is 1.32. The molecule has 0 unspecified atom stereocenters. The molecule has 1 saturated carbocycles. The van der Waals surface area contributed by atoms with E-state index in [1.165, 1.54) is 18.9 Å². The third-order valence-electron chi connectivity index (χ3n) is 2.16. The average Bonchev–Trinajstić information content (AvgIpc) is 2.91. The average molecular weight is 200 g/mol. The zero-order chi connectivity index (χ0) is 9.26. The molecule has 13 heavy (non-hydrogen) atoms. The van der Waals surface area contributed by atoms with E-state index in [0.717, 1.165) is 12.1 Å². The van der Waals surface area contributed by atoms with E-state index in [9.17, 15) is 4.39 Å². The molecule has 0 atom stereocenters. The van der Waals surface area contributed by atoms with E-state index in [1.807, 2.05) is 6.07 Å². The van der Waals surface area contributed by atoms with Crippen molar-refractivity contribution in [3.05, 3.63) is 34.6 Å². The molecule has 1 aromatic rings. The van der Waals surface area contributed by atoms with Gasteiger partial charge in [0.2, 0.25) is 0 Å². The zero-order valence-electron chi connectivity index (χ0n) is 7.19. The van der Waals surface area contributed by atoms with E-state index in [4.69, 9.17) is 11.6 Å². The molecule has 1 fully saturated rings. The largest absolute Gasteiger partial charge is 0.310 e. The number of hydrogen-bond donors (Lipinski definition) is 1. The summed E-state index contributed by atoms with van der Waals surface area (Å²) >= 11 is 5.56. The van der Waals surface area contributed by atoms with Crippen molar-refractivity contribution in [1.82, 2.24) is 5.32 Å². The second-order valence-electron chi connectivity index (χ2n) is 3.40. The van der Waals surface area contributed by atoms with Crippen LogP contribution in [0.3, 0.4) is 0 Å². The van der Waals surface area contributed by atoms with Crippen molar-refractivity contribution in [2.45, 2.75) is 25.4 Å². The van der Waals surface area contributed by atoms with E-state index in [2.05, 4.69) is 5.32 Å². The predicted molar refractivity (Wildman–Crippen MR) is 51.3 cm³/mol. The van der Waals surface area contributed by atoms with Gasteiger partial charge in [-0.25, -0.2) is 4.39 Å². The van der Waals surface area contributed by atoms with Gasteiger partial charge < -0.3 is 5.32 Å². The van der Waals surface area contributed by atoms with Gasteiger partial charge in [-0.2, -0.15) is 0 Å². The van der Waals surface area contributed by atoms with Crippen LogP contribution < -0.4 is 5.32 Å². The minimum absolute atomic E-state index is 0.190. The predicted octanol–water partition coefficient (Wildman–Crippen LogP) is 2.73. The number of rotatable bonds is 3. The number of halogens is 2. The van der Waals surface area contributed by atoms with Gasteiger partial charge in [0.05, 0.1) is 5.02 Å². The van der Waals surface area contributed by atoms with Crippen LogP contribution in [0.15, 0.2) is 18.2 Å². The van der Waals surface area contributed by atoms with Crippen molar-refractivity contribution in [3.63, 3.8) is 0 Å². The molecule has 1 N–H and O–H groups in total. The van der Waals surface area contributed by atoms with Crippen LogP contribution in [-0.2, 0) is 6.54 Å². The summed E-state index contributed by atoms with van der Waals surface area (Å²) in [6.07, 6.45) is 2.49. The lowest BCUT2D eigenvalue weighted by Gasteiger charge is -2.03. The molecule has 0 amide bonds. The van der Waals surface area contributed by atoms with Crippen LogP contribution in [0.5, 0.6) is 0 Å². The standard InChI is InChI=1S/C10H11ClFN/c11-9-4-1-7(5-10(9)12)6-13-8-2-3-8/h1,4-5,8,13H,2-3,6H2. The van der Waals surface area contributed by atoms with Crippen molar-refractivity contribution in [1.29, 1.82) is 0 Å². The molecule has 2 rings (SSSR count). The quantitative estimate of drug-likeness (QED) is 0.790. The van der Waals surface area contributed by atoms with Gasteiger partial charge >= 0.3 is 0 Å². The fraction of sp³-hybridized carbons (Fsp3) is 0.400. The molecule has 0 aliphatic heterocycles.